The van der Waals surface area contributed by atoms with Crippen molar-refractivity contribution in [1.29, 1.82) is 0 Å². The molecular weight excluding hydrogens is 412 g/mol. The number of nitrogens with zero attached hydrogens (tertiary/aromatic N) is 1. The van der Waals surface area contributed by atoms with Gasteiger partial charge in [0.1, 0.15) is 0 Å². The molecule has 31 heavy (non-hydrogen) atoms. The summed E-state index contributed by atoms with van der Waals surface area (Å²) in [7, 11) is 0. The van der Waals surface area contributed by atoms with Gasteiger partial charge in [-0.05, 0) is 42.0 Å². The van der Waals surface area contributed by atoms with Crippen LogP contribution in [0.15, 0.2) is 76.2 Å². The van der Waals surface area contributed by atoms with Crippen LogP contribution in [0.1, 0.15) is 21.7 Å². The van der Waals surface area contributed by atoms with Crippen molar-refractivity contribution in [2.75, 3.05) is 13.1 Å². The monoisotopic (exact) mass is 432 g/mol. The topological polar surface area (TPSA) is 79.6 Å². The van der Waals surface area contributed by atoms with Crippen LogP contribution in [0.25, 0.3) is 17.2 Å². The average molecular weight is 433 g/mol. The minimum Gasteiger partial charge on any atom is -0.459 e. The van der Waals surface area contributed by atoms with Gasteiger partial charge in [-0.3, -0.25) is 19.3 Å². The van der Waals surface area contributed by atoms with E-state index in [1.807, 2.05) is 61.5 Å². The van der Waals surface area contributed by atoms with E-state index in [0.29, 0.717) is 10.5 Å². The van der Waals surface area contributed by atoms with Gasteiger partial charge in [-0.15, -0.1) is 0 Å². The molecule has 7 heteroatoms. The maximum absolute atomic E-state index is 12.6. The predicted octanol–water partition coefficient (Wildman–Crippen LogP) is 4.72. The first-order valence-electron chi connectivity index (χ1n) is 9.76. The molecular formula is C24H20N2O4S. The number of amides is 3. The normalized spacial score (nSPS) is 15.0. The standard InChI is InChI=1S/C24H20N2O4S/c1-16-7-9-17(10-8-16)15-20-23(28)26(24(29)31-20)13-12-25-22(27)21-19(11-14-30-21)18-5-3-2-4-6-18/h2-11,14-15H,12-13H2,1H3,(H,25,27)/b20-15-. The fourth-order valence-corrected chi connectivity index (χ4v) is 4.06. The number of rotatable bonds is 6. The van der Waals surface area contributed by atoms with Crippen molar-refractivity contribution in [1.82, 2.24) is 10.2 Å². The van der Waals surface area contributed by atoms with Crippen LogP contribution in [0.5, 0.6) is 0 Å². The summed E-state index contributed by atoms with van der Waals surface area (Å²) in [6, 6.07) is 18.9. The van der Waals surface area contributed by atoms with Crippen LogP contribution < -0.4 is 5.32 Å². The second kappa shape index (κ2) is 9.06. The Bertz CT molecular complexity index is 1150. The molecule has 0 unspecified atom stereocenters. The fraction of sp³-hybridized carbons (Fsp3) is 0.125. The van der Waals surface area contributed by atoms with Gasteiger partial charge in [0.2, 0.25) is 0 Å². The number of carbonyl (C=O) groups excluding carboxylic acids is 3. The van der Waals surface area contributed by atoms with Crippen LogP contribution in [-0.2, 0) is 4.79 Å². The maximum Gasteiger partial charge on any atom is 0.293 e. The first-order valence-corrected chi connectivity index (χ1v) is 10.6. The Hall–Kier alpha value is -3.58. The molecule has 0 saturated carbocycles. The summed E-state index contributed by atoms with van der Waals surface area (Å²) >= 11 is 0.904. The van der Waals surface area contributed by atoms with Crippen molar-refractivity contribution in [2.45, 2.75) is 6.92 Å². The van der Waals surface area contributed by atoms with E-state index < -0.39 is 5.91 Å². The minimum atomic E-state index is -0.397. The molecule has 4 rings (SSSR count). The lowest BCUT2D eigenvalue weighted by Crippen LogP contribution is -2.37. The van der Waals surface area contributed by atoms with Gasteiger partial charge >= 0.3 is 0 Å². The Morgan fingerprint density at radius 3 is 2.55 bits per heavy atom. The van der Waals surface area contributed by atoms with Crippen molar-refractivity contribution in [2.24, 2.45) is 0 Å². The van der Waals surface area contributed by atoms with Gasteiger partial charge in [0.15, 0.2) is 5.76 Å². The summed E-state index contributed by atoms with van der Waals surface area (Å²) in [4.78, 5) is 39.0. The first-order chi connectivity index (χ1) is 15.0. The SMILES string of the molecule is Cc1ccc(/C=C2\SC(=O)N(CCNC(=O)c3occc3-c3ccccc3)C2=O)cc1. The Balaban J connectivity index is 1.37. The molecule has 0 spiro atoms. The highest BCUT2D eigenvalue weighted by Gasteiger charge is 2.34. The van der Waals surface area contributed by atoms with Crippen molar-refractivity contribution >= 4 is 34.9 Å². The summed E-state index contributed by atoms with van der Waals surface area (Å²) in [5.74, 6) is -0.557. The Labute approximate surface area is 183 Å². The van der Waals surface area contributed by atoms with E-state index in [9.17, 15) is 14.4 Å². The Kier molecular flexibility index (Phi) is 6.04. The lowest BCUT2D eigenvalue weighted by atomic mass is 10.1. The smallest absolute Gasteiger partial charge is 0.293 e. The molecule has 0 aliphatic carbocycles. The third-order valence-electron chi connectivity index (χ3n) is 4.83. The van der Waals surface area contributed by atoms with Crippen LogP contribution in [0.3, 0.4) is 0 Å². The second-order valence-corrected chi connectivity index (χ2v) is 8.02. The predicted molar refractivity (Wildman–Crippen MR) is 120 cm³/mol. The zero-order valence-corrected chi connectivity index (χ0v) is 17.6. The minimum absolute atomic E-state index is 0.0863. The van der Waals surface area contributed by atoms with Crippen LogP contribution in [0, 0.1) is 6.92 Å². The molecule has 1 aromatic heterocycles. The van der Waals surface area contributed by atoms with E-state index in [4.69, 9.17) is 4.42 Å². The highest BCUT2D eigenvalue weighted by atomic mass is 32.2. The number of nitrogens with one attached hydrogen (secondary N) is 1. The van der Waals surface area contributed by atoms with Crippen molar-refractivity contribution < 1.29 is 18.8 Å². The average Bonchev–Trinajstić information content (AvgIpc) is 3.37. The number of benzene rings is 2. The summed E-state index contributed by atoms with van der Waals surface area (Å²) in [6.07, 6.45) is 3.17. The van der Waals surface area contributed by atoms with Gasteiger partial charge in [-0.1, -0.05) is 60.2 Å². The van der Waals surface area contributed by atoms with Gasteiger partial charge in [0.25, 0.3) is 17.1 Å². The molecule has 1 aliphatic rings. The number of hydrogen-bond acceptors (Lipinski definition) is 5. The zero-order valence-electron chi connectivity index (χ0n) is 16.8. The van der Waals surface area contributed by atoms with Crippen LogP contribution >= 0.6 is 11.8 Å². The molecule has 2 aromatic carbocycles. The van der Waals surface area contributed by atoms with Crippen molar-refractivity contribution in [3.05, 3.63) is 88.7 Å². The molecule has 3 aromatic rings. The summed E-state index contributed by atoms with van der Waals surface area (Å²) < 4.78 is 5.36. The molecule has 0 atom stereocenters. The zero-order chi connectivity index (χ0) is 21.8. The van der Waals surface area contributed by atoms with Crippen LogP contribution in [0.4, 0.5) is 4.79 Å². The van der Waals surface area contributed by atoms with E-state index in [2.05, 4.69) is 5.32 Å². The molecule has 1 fully saturated rings. The fourth-order valence-electron chi connectivity index (χ4n) is 3.20. The highest BCUT2D eigenvalue weighted by molar-refractivity contribution is 8.18. The number of imide groups is 1. The summed E-state index contributed by atoms with van der Waals surface area (Å²) in [6.45, 7) is 2.20. The first kappa shape index (κ1) is 20.7. The lowest BCUT2D eigenvalue weighted by Gasteiger charge is -2.12. The summed E-state index contributed by atoms with van der Waals surface area (Å²) in [5, 5.41) is 2.38. The molecule has 1 aliphatic heterocycles. The van der Waals surface area contributed by atoms with E-state index in [1.54, 1.807) is 12.1 Å². The molecule has 1 N–H and O–H groups in total. The van der Waals surface area contributed by atoms with Gasteiger partial charge in [-0.25, -0.2) is 0 Å². The van der Waals surface area contributed by atoms with E-state index >= 15 is 0 Å². The maximum atomic E-state index is 12.6. The number of aryl methyl sites for hydroxylation is 1. The quantitative estimate of drug-likeness (QED) is 0.570. The van der Waals surface area contributed by atoms with Gasteiger partial charge in [0.05, 0.1) is 11.2 Å². The Morgan fingerprint density at radius 2 is 1.81 bits per heavy atom. The molecule has 156 valence electrons. The van der Waals surface area contributed by atoms with Gasteiger partial charge < -0.3 is 9.73 Å². The van der Waals surface area contributed by atoms with Crippen molar-refractivity contribution in [3.63, 3.8) is 0 Å². The van der Waals surface area contributed by atoms with Gasteiger partial charge in [0, 0.05) is 18.7 Å². The lowest BCUT2D eigenvalue weighted by molar-refractivity contribution is -0.122. The third kappa shape index (κ3) is 4.62. The van der Waals surface area contributed by atoms with Crippen molar-refractivity contribution in [3.8, 4) is 11.1 Å². The van der Waals surface area contributed by atoms with Gasteiger partial charge in [-0.2, -0.15) is 0 Å². The third-order valence-corrected chi connectivity index (χ3v) is 5.73. The number of hydrogen-bond donors (Lipinski definition) is 1. The summed E-state index contributed by atoms with van der Waals surface area (Å²) in [5.41, 5.74) is 3.53. The van der Waals surface area contributed by atoms with E-state index in [1.165, 1.54) is 6.26 Å². The molecule has 2 heterocycles. The number of thioether (sulfide) groups is 1. The van der Waals surface area contributed by atoms with Crippen LogP contribution in [-0.4, -0.2) is 35.0 Å². The number of carbonyl (C=O) groups is 3. The largest absolute Gasteiger partial charge is 0.459 e. The number of furan rings is 1. The Morgan fingerprint density at radius 1 is 1.06 bits per heavy atom. The van der Waals surface area contributed by atoms with E-state index in [-0.39, 0.29) is 30.0 Å². The molecule has 1 saturated heterocycles. The second-order valence-electron chi connectivity index (χ2n) is 7.03. The molecule has 0 radical (unpaired) electrons. The van der Waals surface area contributed by atoms with Crippen LogP contribution in [0.2, 0.25) is 0 Å². The highest BCUT2D eigenvalue weighted by Crippen LogP contribution is 2.32. The molecule has 3 amide bonds. The van der Waals surface area contributed by atoms with E-state index in [0.717, 1.165) is 33.4 Å². The molecule has 0 bridgehead atoms. The molecule has 6 nitrogen and oxygen atoms in total.